The van der Waals surface area contributed by atoms with Crippen LogP contribution in [0.3, 0.4) is 0 Å². The van der Waals surface area contributed by atoms with E-state index in [9.17, 15) is 9.59 Å². The fourth-order valence-corrected chi connectivity index (χ4v) is 5.40. The Morgan fingerprint density at radius 3 is 2.78 bits per heavy atom. The maximum absolute atomic E-state index is 13.9. The van der Waals surface area contributed by atoms with E-state index in [1.165, 1.54) is 5.56 Å². The fraction of sp³-hybridized carbons (Fsp3) is 0.333. The van der Waals surface area contributed by atoms with Crippen LogP contribution in [0.5, 0.6) is 5.75 Å². The molecule has 3 aromatic rings. The van der Waals surface area contributed by atoms with Gasteiger partial charge in [0, 0.05) is 24.8 Å². The van der Waals surface area contributed by atoms with E-state index >= 15 is 0 Å². The molecule has 37 heavy (non-hydrogen) atoms. The van der Waals surface area contributed by atoms with Crippen molar-refractivity contribution in [2.75, 3.05) is 49.0 Å². The number of nitrogens with one attached hydrogen (secondary N) is 2. The molecule has 10 nitrogen and oxygen atoms in total. The molecule has 1 saturated heterocycles. The number of anilines is 3. The number of carbonyl (C=O) groups is 2. The number of urea groups is 1. The van der Waals surface area contributed by atoms with Gasteiger partial charge in [-0.2, -0.15) is 0 Å². The summed E-state index contributed by atoms with van der Waals surface area (Å²) in [4.78, 5) is 39.0. The smallest absolute Gasteiger partial charge is 0.318 e. The third kappa shape index (κ3) is 4.03. The van der Waals surface area contributed by atoms with E-state index in [0.29, 0.717) is 37.0 Å². The van der Waals surface area contributed by atoms with Crippen molar-refractivity contribution in [3.05, 3.63) is 59.8 Å². The summed E-state index contributed by atoms with van der Waals surface area (Å²) in [6.45, 7) is 1.44. The Morgan fingerprint density at radius 1 is 1.16 bits per heavy atom. The molecule has 3 heterocycles. The molecule has 3 aliphatic rings. The third-order valence-corrected chi connectivity index (χ3v) is 7.27. The molecule has 10 heteroatoms. The summed E-state index contributed by atoms with van der Waals surface area (Å²) in [6, 6.07) is 12.6. The molecule has 1 fully saturated rings. The number of benzene rings is 2. The maximum Gasteiger partial charge on any atom is 0.318 e. The highest BCUT2D eigenvalue weighted by Gasteiger charge is 2.45. The molecule has 0 radical (unpaired) electrons. The van der Waals surface area contributed by atoms with Crippen molar-refractivity contribution < 1.29 is 19.1 Å². The van der Waals surface area contributed by atoms with Crippen LogP contribution in [0.4, 0.5) is 22.0 Å². The summed E-state index contributed by atoms with van der Waals surface area (Å²) in [6.07, 6.45) is 3.47. The third-order valence-electron chi connectivity index (χ3n) is 7.27. The number of aryl methyl sites for hydroxylation is 1. The fourth-order valence-electron chi connectivity index (χ4n) is 5.40. The van der Waals surface area contributed by atoms with Gasteiger partial charge in [0.15, 0.2) is 11.6 Å². The summed E-state index contributed by atoms with van der Waals surface area (Å²) in [5.74, 6) is 2.08. The first-order valence-electron chi connectivity index (χ1n) is 12.4. The first-order chi connectivity index (χ1) is 18.1. The predicted molar refractivity (Wildman–Crippen MR) is 139 cm³/mol. The Kier molecular flexibility index (Phi) is 5.88. The van der Waals surface area contributed by atoms with E-state index in [1.807, 2.05) is 46.2 Å². The topological polar surface area (TPSA) is 109 Å². The van der Waals surface area contributed by atoms with Gasteiger partial charge in [0.25, 0.3) is 5.91 Å². The minimum Gasteiger partial charge on any atom is -0.497 e. The van der Waals surface area contributed by atoms with E-state index in [2.05, 4.69) is 21.7 Å². The van der Waals surface area contributed by atoms with Crippen molar-refractivity contribution in [2.45, 2.75) is 24.9 Å². The number of amides is 3. The number of morpholine rings is 1. The molecule has 3 amide bonds. The largest absolute Gasteiger partial charge is 0.497 e. The summed E-state index contributed by atoms with van der Waals surface area (Å²) in [5, 5.41) is 5.28. The predicted octanol–water partition coefficient (Wildman–Crippen LogP) is 3.14. The average Bonchev–Trinajstić information content (AvgIpc) is 3.36. The second-order valence-electron chi connectivity index (χ2n) is 9.30. The molecule has 6 rings (SSSR count). The van der Waals surface area contributed by atoms with E-state index in [0.717, 1.165) is 35.5 Å². The first-order valence-corrected chi connectivity index (χ1v) is 12.4. The minimum absolute atomic E-state index is 0.00819. The van der Waals surface area contributed by atoms with Gasteiger partial charge in [-0.05, 0) is 60.4 Å². The van der Waals surface area contributed by atoms with Gasteiger partial charge in [0.2, 0.25) is 0 Å². The van der Waals surface area contributed by atoms with Gasteiger partial charge in [-0.1, -0.05) is 6.07 Å². The van der Waals surface area contributed by atoms with E-state index in [1.54, 1.807) is 20.4 Å². The molecule has 2 atom stereocenters. The van der Waals surface area contributed by atoms with Crippen molar-refractivity contribution in [3.8, 4) is 17.1 Å². The number of aromatic nitrogens is 2. The number of hydrogen-bond acceptors (Lipinski definition) is 7. The van der Waals surface area contributed by atoms with Crippen molar-refractivity contribution in [1.82, 2.24) is 15.3 Å². The zero-order chi connectivity index (χ0) is 25.5. The van der Waals surface area contributed by atoms with Crippen molar-refractivity contribution in [2.24, 2.45) is 0 Å². The Hall–Kier alpha value is -4.18. The highest BCUT2D eigenvalue weighted by atomic mass is 16.5. The maximum atomic E-state index is 13.9. The normalized spacial score (nSPS) is 20.1. The molecule has 0 bridgehead atoms. The molecule has 0 saturated carbocycles. The molecular weight excluding hydrogens is 472 g/mol. The molecule has 2 N–H and O–H groups in total. The van der Waals surface area contributed by atoms with Gasteiger partial charge in [-0.15, -0.1) is 0 Å². The zero-order valence-electron chi connectivity index (χ0n) is 20.7. The van der Waals surface area contributed by atoms with Crippen molar-refractivity contribution in [1.29, 1.82) is 0 Å². The highest BCUT2D eigenvalue weighted by molar-refractivity contribution is 6.05. The molecule has 1 aliphatic carbocycles. The van der Waals surface area contributed by atoms with Crippen LogP contribution in [0.1, 0.15) is 23.6 Å². The summed E-state index contributed by atoms with van der Waals surface area (Å²) in [7, 11) is 3.22. The van der Waals surface area contributed by atoms with Gasteiger partial charge in [-0.3, -0.25) is 9.69 Å². The van der Waals surface area contributed by atoms with Gasteiger partial charge in [0.1, 0.15) is 17.5 Å². The Morgan fingerprint density at radius 2 is 2.00 bits per heavy atom. The number of hydrogen-bond donors (Lipinski definition) is 2. The van der Waals surface area contributed by atoms with Crippen molar-refractivity contribution >= 4 is 29.1 Å². The zero-order valence-corrected chi connectivity index (χ0v) is 20.7. The van der Waals surface area contributed by atoms with Crippen LogP contribution < -0.4 is 25.2 Å². The number of methoxy groups -OCH3 is 1. The first kappa shape index (κ1) is 23.2. The minimum atomic E-state index is -0.433. The van der Waals surface area contributed by atoms with E-state index < -0.39 is 6.04 Å². The molecule has 2 aromatic carbocycles. The quantitative estimate of drug-likeness (QED) is 0.567. The number of ether oxygens (including phenoxy) is 2. The SMILES string of the molecule is CNC(=O)Nc1ccc(-c2ncc3c(n2)N2CCOCC2C(=O)N3C2CCc3ccc(OC)cc32)cc1. The number of nitrogens with zero attached hydrogens (tertiary/aromatic N) is 4. The molecule has 0 spiro atoms. The molecule has 2 aliphatic heterocycles. The van der Waals surface area contributed by atoms with Gasteiger partial charge >= 0.3 is 6.03 Å². The second kappa shape index (κ2) is 9.36. The summed E-state index contributed by atoms with van der Waals surface area (Å²) in [5.41, 5.74) is 4.53. The van der Waals surface area contributed by atoms with Crippen LogP contribution >= 0.6 is 0 Å². The van der Waals surface area contributed by atoms with Crippen molar-refractivity contribution in [3.63, 3.8) is 0 Å². The van der Waals surface area contributed by atoms with Crippen LogP contribution in [0, 0.1) is 0 Å². The monoisotopic (exact) mass is 500 g/mol. The van der Waals surface area contributed by atoms with Crippen LogP contribution in [0.2, 0.25) is 0 Å². The molecule has 2 unspecified atom stereocenters. The molecular formula is C27H28N6O4. The van der Waals surface area contributed by atoms with Gasteiger partial charge in [0.05, 0.1) is 32.6 Å². The van der Waals surface area contributed by atoms with Crippen LogP contribution in [0.15, 0.2) is 48.7 Å². The lowest BCUT2D eigenvalue weighted by Crippen LogP contribution is -2.59. The number of carbonyl (C=O) groups excluding carboxylic acids is 2. The van der Waals surface area contributed by atoms with Gasteiger partial charge < -0.3 is 25.0 Å². The lowest BCUT2D eigenvalue weighted by atomic mass is 10.0. The van der Waals surface area contributed by atoms with Gasteiger partial charge in [-0.25, -0.2) is 14.8 Å². The summed E-state index contributed by atoms with van der Waals surface area (Å²) >= 11 is 0. The van der Waals surface area contributed by atoms with Crippen LogP contribution in [-0.4, -0.2) is 61.9 Å². The Labute approximate surface area is 214 Å². The average molecular weight is 501 g/mol. The van der Waals surface area contributed by atoms with Crippen LogP contribution in [0.25, 0.3) is 11.4 Å². The lowest BCUT2D eigenvalue weighted by Gasteiger charge is -2.45. The Bertz CT molecular complexity index is 1360. The Balaban J connectivity index is 1.40. The molecule has 190 valence electrons. The van der Waals surface area contributed by atoms with E-state index in [-0.39, 0.29) is 18.0 Å². The second-order valence-corrected chi connectivity index (χ2v) is 9.30. The summed E-state index contributed by atoms with van der Waals surface area (Å²) < 4.78 is 11.2. The highest BCUT2D eigenvalue weighted by Crippen LogP contribution is 2.46. The van der Waals surface area contributed by atoms with Crippen LogP contribution in [-0.2, 0) is 16.0 Å². The standard InChI is InChI=1S/C27H28N6O4/c1-28-27(35)30-18-7-3-17(4-8-18)24-29-14-22-25(31-24)32-11-12-37-15-23(32)26(34)33(22)21-10-6-16-5-9-19(36-2)13-20(16)21/h3-5,7-9,13-14,21,23H,6,10-12,15H2,1-2H3,(H2,28,30,35). The van der Waals surface area contributed by atoms with E-state index in [4.69, 9.17) is 14.5 Å². The molecule has 1 aromatic heterocycles. The number of rotatable bonds is 4. The number of fused-ring (bicyclic) bond motifs is 4. The lowest BCUT2D eigenvalue weighted by molar-refractivity contribution is -0.123.